The first-order chi connectivity index (χ1) is 6.33. The lowest BCUT2D eigenvalue weighted by Gasteiger charge is -2.02. The van der Waals surface area contributed by atoms with E-state index in [-0.39, 0.29) is 0 Å². The summed E-state index contributed by atoms with van der Waals surface area (Å²) in [5.74, 6) is 0. The molecular formula is C12H16S. The Morgan fingerprint density at radius 2 is 2.31 bits per heavy atom. The normalized spacial score (nSPS) is 14.5. The summed E-state index contributed by atoms with van der Waals surface area (Å²) in [6.45, 7) is 4.51. The van der Waals surface area contributed by atoms with Crippen LogP contribution in [0.3, 0.4) is 0 Å². The summed E-state index contributed by atoms with van der Waals surface area (Å²) >= 11 is 1.90. The maximum atomic E-state index is 2.42. The molecule has 1 aliphatic rings. The number of unbranched alkanes of at least 4 members (excludes halogenated alkanes) is 1. The maximum Gasteiger partial charge on any atom is 0.00921 e. The van der Waals surface area contributed by atoms with Gasteiger partial charge in [-0.25, -0.2) is 0 Å². The van der Waals surface area contributed by atoms with Crippen LogP contribution in [0.1, 0.15) is 42.2 Å². The third-order valence-corrected chi connectivity index (χ3v) is 3.70. The van der Waals surface area contributed by atoms with E-state index in [9.17, 15) is 0 Å². The average Bonchev–Trinajstić information content (AvgIpc) is 2.67. The highest BCUT2D eigenvalue weighted by atomic mass is 32.1. The van der Waals surface area contributed by atoms with E-state index in [1.807, 2.05) is 11.3 Å². The fourth-order valence-electron chi connectivity index (χ4n) is 2.02. The summed E-state index contributed by atoms with van der Waals surface area (Å²) < 4.78 is 0. The number of fused-ring (bicyclic) bond motifs is 1. The Labute approximate surface area is 84.3 Å². The molecule has 0 atom stereocenters. The number of hydrogen-bond donors (Lipinski definition) is 0. The average molecular weight is 192 g/mol. The van der Waals surface area contributed by atoms with E-state index >= 15 is 0 Å². The monoisotopic (exact) mass is 192 g/mol. The molecule has 0 nitrogen and oxygen atoms in total. The van der Waals surface area contributed by atoms with E-state index in [1.165, 1.54) is 30.6 Å². The zero-order valence-electron chi connectivity index (χ0n) is 8.39. The van der Waals surface area contributed by atoms with Crippen LogP contribution in [0.2, 0.25) is 0 Å². The summed E-state index contributed by atoms with van der Waals surface area (Å²) in [5, 5.41) is 2.32. The van der Waals surface area contributed by atoms with Crippen LogP contribution in [0.15, 0.2) is 11.5 Å². The molecule has 0 amide bonds. The van der Waals surface area contributed by atoms with Crippen molar-refractivity contribution in [3.05, 3.63) is 27.5 Å². The van der Waals surface area contributed by atoms with Gasteiger partial charge >= 0.3 is 0 Å². The molecule has 0 fully saturated rings. The fourth-order valence-corrected chi connectivity index (χ4v) is 2.93. The molecule has 0 N–H and O–H groups in total. The van der Waals surface area contributed by atoms with Crippen molar-refractivity contribution < 1.29 is 0 Å². The molecule has 0 saturated carbocycles. The van der Waals surface area contributed by atoms with Gasteiger partial charge in [0.15, 0.2) is 0 Å². The van der Waals surface area contributed by atoms with E-state index in [0.717, 1.165) is 0 Å². The largest absolute Gasteiger partial charge is 0.148 e. The van der Waals surface area contributed by atoms with Gasteiger partial charge in [-0.15, -0.1) is 11.3 Å². The van der Waals surface area contributed by atoms with E-state index in [4.69, 9.17) is 0 Å². The van der Waals surface area contributed by atoms with Crippen molar-refractivity contribution in [2.45, 2.75) is 39.5 Å². The second-order valence-electron chi connectivity index (χ2n) is 3.73. The number of rotatable bonds is 3. The van der Waals surface area contributed by atoms with Crippen LogP contribution in [0.4, 0.5) is 0 Å². The number of allylic oxidation sites excluding steroid dienone is 2. The zero-order valence-corrected chi connectivity index (χ0v) is 9.21. The predicted octanol–water partition coefficient (Wildman–Crippen LogP) is 4.19. The van der Waals surface area contributed by atoms with Crippen LogP contribution in [0.25, 0.3) is 5.57 Å². The van der Waals surface area contributed by atoms with Gasteiger partial charge in [-0.2, -0.15) is 0 Å². The third-order valence-electron chi connectivity index (χ3n) is 2.74. The Bertz CT molecular complexity index is 331. The van der Waals surface area contributed by atoms with Crippen LogP contribution in [0, 0.1) is 6.92 Å². The number of hydrogen-bond acceptors (Lipinski definition) is 1. The van der Waals surface area contributed by atoms with Gasteiger partial charge < -0.3 is 0 Å². The molecule has 0 unspecified atom stereocenters. The molecule has 0 saturated heterocycles. The second-order valence-corrected chi connectivity index (χ2v) is 4.81. The highest BCUT2D eigenvalue weighted by Gasteiger charge is 2.16. The first kappa shape index (κ1) is 9.01. The molecule has 0 spiro atoms. The molecule has 13 heavy (non-hydrogen) atoms. The van der Waals surface area contributed by atoms with E-state index in [0.29, 0.717) is 0 Å². The summed E-state index contributed by atoms with van der Waals surface area (Å²) in [6, 6.07) is 0. The van der Waals surface area contributed by atoms with E-state index in [1.54, 1.807) is 16.7 Å². The second kappa shape index (κ2) is 3.67. The molecule has 0 aliphatic heterocycles. The lowest BCUT2D eigenvalue weighted by Crippen LogP contribution is -1.82. The lowest BCUT2D eigenvalue weighted by molar-refractivity contribution is 0.825. The molecule has 2 rings (SSSR count). The Morgan fingerprint density at radius 1 is 1.46 bits per heavy atom. The van der Waals surface area contributed by atoms with Crippen molar-refractivity contribution in [1.29, 1.82) is 0 Å². The first-order valence-corrected chi connectivity index (χ1v) is 5.97. The molecule has 0 radical (unpaired) electrons. The molecule has 0 aromatic carbocycles. The number of thiophene rings is 1. The molecule has 1 aliphatic carbocycles. The smallest absolute Gasteiger partial charge is 0.00921 e. The predicted molar refractivity (Wildman–Crippen MR) is 60.3 cm³/mol. The molecule has 1 heteroatoms. The highest BCUT2D eigenvalue weighted by molar-refractivity contribution is 7.10. The summed E-state index contributed by atoms with van der Waals surface area (Å²) in [6.07, 6.45) is 7.51. The zero-order chi connectivity index (χ0) is 9.26. The Kier molecular flexibility index (Phi) is 2.54. The van der Waals surface area contributed by atoms with Gasteiger partial charge in [-0.3, -0.25) is 0 Å². The molecule has 0 bridgehead atoms. The Hall–Kier alpha value is -0.560. The van der Waals surface area contributed by atoms with Gasteiger partial charge in [0.2, 0.25) is 0 Å². The Morgan fingerprint density at radius 3 is 3.08 bits per heavy atom. The minimum Gasteiger partial charge on any atom is -0.148 e. The molecular weight excluding hydrogens is 176 g/mol. The van der Waals surface area contributed by atoms with Gasteiger partial charge in [0, 0.05) is 4.88 Å². The molecule has 1 aromatic rings. The van der Waals surface area contributed by atoms with Crippen LogP contribution in [-0.4, -0.2) is 0 Å². The van der Waals surface area contributed by atoms with E-state index < -0.39 is 0 Å². The van der Waals surface area contributed by atoms with Crippen molar-refractivity contribution in [2.24, 2.45) is 0 Å². The van der Waals surface area contributed by atoms with Crippen LogP contribution >= 0.6 is 11.3 Å². The molecule has 70 valence electrons. The lowest BCUT2D eigenvalue weighted by atomic mass is 10.0. The minimum absolute atomic E-state index is 1.18. The minimum atomic E-state index is 1.18. The maximum absolute atomic E-state index is 2.42. The van der Waals surface area contributed by atoms with Crippen LogP contribution in [0.5, 0.6) is 0 Å². The standard InChI is InChI=1S/C12H16S/c1-3-4-5-10-6-7-11-8-13-9(2)12(10)11/h6,8H,3-5,7H2,1-2H3. The van der Waals surface area contributed by atoms with Gasteiger partial charge in [0.25, 0.3) is 0 Å². The SMILES string of the molecule is CCCCC1=CCc2csc(C)c21. The van der Waals surface area contributed by atoms with Crippen molar-refractivity contribution in [3.63, 3.8) is 0 Å². The van der Waals surface area contributed by atoms with Gasteiger partial charge in [0.1, 0.15) is 0 Å². The summed E-state index contributed by atoms with van der Waals surface area (Å²) in [5.41, 5.74) is 4.75. The molecule has 1 heterocycles. The van der Waals surface area contributed by atoms with Crippen molar-refractivity contribution in [3.8, 4) is 0 Å². The van der Waals surface area contributed by atoms with Gasteiger partial charge in [-0.1, -0.05) is 19.4 Å². The fraction of sp³-hybridized carbons (Fsp3) is 0.500. The van der Waals surface area contributed by atoms with Crippen LogP contribution < -0.4 is 0 Å². The number of aryl methyl sites for hydroxylation is 1. The first-order valence-electron chi connectivity index (χ1n) is 5.09. The highest BCUT2D eigenvalue weighted by Crippen LogP contribution is 2.36. The summed E-state index contributed by atoms with van der Waals surface area (Å²) in [7, 11) is 0. The molecule has 1 aromatic heterocycles. The van der Waals surface area contributed by atoms with Crippen molar-refractivity contribution in [2.75, 3.05) is 0 Å². The van der Waals surface area contributed by atoms with Crippen molar-refractivity contribution >= 4 is 16.9 Å². The quantitative estimate of drug-likeness (QED) is 0.673. The topological polar surface area (TPSA) is 0 Å². The third kappa shape index (κ3) is 1.58. The van der Waals surface area contributed by atoms with E-state index in [2.05, 4.69) is 25.3 Å². The van der Waals surface area contributed by atoms with Gasteiger partial charge in [0.05, 0.1) is 0 Å². The summed E-state index contributed by atoms with van der Waals surface area (Å²) in [4.78, 5) is 1.51. The Balaban J connectivity index is 2.19. The van der Waals surface area contributed by atoms with Gasteiger partial charge in [-0.05, 0) is 48.3 Å². The van der Waals surface area contributed by atoms with Crippen molar-refractivity contribution in [1.82, 2.24) is 0 Å². The van der Waals surface area contributed by atoms with Crippen LogP contribution in [-0.2, 0) is 6.42 Å².